The van der Waals surface area contributed by atoms with Gasteiger partial charge in [0, 0.05) is 5.57 Å². The van der Waals surface area contributed by atoms with Crippen molar-refractivity contribution in [2.24, 2.45) is 0 Å². The zero-order chi connectivity index (χ0) is 8.97. The van der Waals surface area contributed by atoms with Crippen molar-refractivity contribution in [2.75, 3.05) is 6.61 Å². The van der Waals surface area contributed by atoms with Crippen molar-refractivity contribution in [3.63, 3.8) is 0 Å². The average molecular weight is 169 g/mol. The van der Waals surface area contributed by atoms with E-state index in [4.69, 9.17) is 4.74 Å². The van der Waals surface area contributed by atoms with E-state index >= 15 is 0 Å². The summed E-state index contributed by atoms with van der Waals surface area (Å²) in [4.78, 5) is 11.1. The molecule has 0 fully saturated rings. The number of rotatable bonds is 2. The van der Waals surface area contributed by atoms with Crippen molar-refractivity contribution < 1.29 is 14.6 Å². The van der Waals surface area contributed by atoms with E-state index in [0.717, 1.165) is 12.8 Å². The molecule has 1 rings (SSSR count). The highest BCUT2D eigenvalue weighted by Crippen LogP contribution is 2.21. The summed E-state index contributed by atoms with van der Waals surface area (Å²) >= 11 is 0. The van der Waals surface area contributed by atoms with Gasteiger partial charge in [-0.15, -0.1) is 5.76 Å². The van der Waals surface area contributed by atoms with Gasteiger partial charge in [0.25, 0.3) is 0 Å². The maximum Gasteiger partial charge on any atom is 0.333 e. The molecular formula is C9H13O3-. The standard InChI is InChI=1S/C9H14O3/c1-2-12-9(11)7-5-3-4-6-8(7)10/h10H,2-6H2,1H3/p-1. The Morgan fingerprint density at radius 2 is 2.17 bits per heavy atom. The molecule has 0 spiro atoms. The third kappa shape index (κ3) is 2.00. The lowest BCUT2D eigenvalue weighted by molar-refractivity contribution is -0.309. The molecule has 0 saturated carbocycles. The molecule has 0 amide bonds. The van der Waals surface area contributed by atoms with Crippen LogP contribution in [-0.4, -0.2) is 12.6 Å². The van der Waals surface area contributed by atoms with Gasteiger partial charge >= 0.3 is 5.97 Å². The molecule has 0 aromatic rings. The molecule has 0 aliphatic heterocycles. The molecule has 0 N–H and O–H groups in total. The van der Waals surface area contributed by atoms with Gasteiger partial charge in [0.1, 0.15) is 0 Å². The molecule has 0 radical (unpaired) electrons. The summed E-state index contributed by atoms with van der Waals surface area (Å²) in [5, 5.41) is 11.2. The van der Waals surface area contributed by atoms with E-state index in [1.165, 1.54) is 0 Å². The van der Waals surface area contributed by atoms with Crippen LogP contribution in [0, 0.1) is 0 Å². The summed E-state index contributed by atoms with van der Waals surface area (Å²) in [6.07, 6.45) is 2.94. The van der Waals surface area contributed by atoms with Gasteiger partial charge in [0.15, 0.2) is 0 Å². The second kappa shape index (κ2) is 4.14. The molecule has 3 heteroatoms. The van der Waals surface area contributed by atoms with Crippen LogP contribution in [0.15, 0.2) is 11.3 Å². The summed E-state index contributed by atoms with van der Waals surface area (Å²) < 4.78 is 4.75. The highest BCUT2D eigenvalue weighted by molar-refractivity contribution is 5.88. The van der Waals surface area contributed by atoms with Crippen LogP contribution in [0.2, 0.25) is 0 Å². The quantitative estimate of drug-likeness (QED) is 0.573. The van der Waals surface area contributed by atoms with E-state index in [9.17, 15) is 9.90 Å². The van der Waals surface area contributed by atoms with Gasteiger partial charge in [-0.05, 0) is 26.2 Å². The summed E-state index contributed by atoms with van der Waals surface area (Å²) in [5.74, 6) is -0.443. The zero-order valence-corrected chi connectivity index (χ0v) is 7.26. The molecular weight excluding hydrogens is 156 g/mol. The van der Waals surface area contributed by atoms with Crippen LogP contribution in [0.4, 0.5) is 0 Å². The number of carbonyl (C=O) groups is 1. The van der Waals surface area contributed by atoms with Gasteiger partial charge in [-0.2, -0.15) is 0 Å². The lowest BCUT2D eigenvalue weighted by Gasteiger charge is -2.22. The van der Waals surface area contributed by atoms with E-state index in [1.54, 1.807) is 6.92 Å². The fourth-order valence-electron chi connectivity index (χ4n) is 1.31. The molecule has 0 heterocycles. The Bertz CT molecular complexity index is 206. The highest BCUT2D eigenvalue weighted by Gasteiger charge is 2.14. The van der Waals surface area contributed by atoms with Crippen LogP contribution < -0.4 is 5.11 Å². The molecule has 12 heavy (non-hydrogen) atoms. The maximum absolute atomic E-state index is 11.2. The fourth-order valence-corrected chi connectivity index (χ4v) is 1.31. The van der Waals surface area contributed by atoms with Crippen molar-refractivity contribution in [3.05, 3.63) is 11.3 Å². The lowest BCUT2D eigenvalue weighted by atomic mass is 9.98. The molecule has 0 saturated heterocycles. The number of carbonyl (C=O) groups excluding carboxylic acids is 1. The Balaban J connectivity index is 2.64. The molecule has 0 bridgehead atoms. The van der Waals surface area contributed by atoms with Crippen molar-refractivity contribution in [1.29, 1.82) is 0 Å². The summed E-state index contributed by atoms with van der Waals surface area (Å²) in [5.41, 5.74) is 0.364. The minimum Gasteiger partial charge on any atom is -0.875 e. The first-order valence-corrected chi connectivity index (χ1v) is 4.32. The summed E-state index contributed by atoms with van der Waals surface area (Å²) in [6.45, 7) is 2.08. The van der Waals surface area contributed by atoms with Gasteiger partial charge in [-0.25, -0.2) is 4.79 Å². The number of allylic oxidation sites excluding steroid dienone is 1. The van der Waals surface area contributed by atoms with Crippen LogP contribution in [-0.2, 0) is 9.53 Å². The van der Waals surface area contributed by atoms with Crippen LogP contribution in [0.1, 0.15) is 32.6 Å². The van der Waals surface area contributed by atoms with Crippen LogP contribution in [0.3, 0.4) is 0 Å². The Labute approximate surface area is 72.0 Å². The number of hydrogen-bond acceptors (Lipinski definition) is 3. The first-order chi connectivity index (χ1) is 5.75. The minimum atomic E-state index is -0.415. The second-order valence-corrected chi connectivity index (χ2v) is 2.83. The first-order valence-electron chi connectivity index (χ1n) is 4.32. The normalized spacial score (nSPS) is 17.8. The topological polar surface area (TPSA) is 49.4 Å². The Kier molecular flexibility index (Phi) is 3.14. The Morgan fingerprint density at radius 1 is 1.50 bits per heavy atom. The molecule has 0 aromatic carbocycles. The first kappa shape index (κ1) is 9.10. The third-order valence-corrected chi connectivity index (χ3v) is 1.94. The molecule has 0 atom stereocenters. The largest absolute Gasteiger partial charge is 0.875 e. The van der Waals surface area contributed by atoms with Gasteiger partial charge in [0.05, 0.1) is 6.61 Å². The Morgan fingerprint density at radius 3 is 2.75 bits per heavy atom. The predicted octanol–water partition coefficient (Wildman–Crippen LogP) is 0.738. The molecule has 68 valence electrons. The summed E-state index contributed by atoms with van der Waals surface area (Å²) in [7, 11) is 0. The minimum absolute atomic E-state index is 0.0281. The predicted molar refractivity (Wildman–Crippen MR) is 42.1 cm³/mol. The summed E-state index contributed by atoms with van der Waals surface area (Å²) in [6, 6.07) is 0. The van der Waals surface area contributed by atoms with E-state index < -0.39 is 5.97 Å². The number of ether oxygens (including phenoxy) is 1. The third-order valence-electron chi connectivity index (χ3n) is 1.94. The van der Waals surface area contributed by atoms with E-state index in [1.807, 2.05) is 0 Å². The zero-order valence-electron chi connectivity index (χ0n) is 7.26. The Hall–Kier alpha value is -0.990. The highest BCUT2D eigenvalue weighted by atomic mass is 16.5. The fraction of sp³-hybridized carbons (Fsp3) is 0.667. The molecule has 3 nitrogen and oxygen atoms in total. The molecule has 0 aromatic heterocycles. The smallest absolute Gasteiger partial charge is 0.333 e. The van der Waals surface area contributed by atoms with Gasteiger partial charge in [0.2, 0.25) is 0 Å². The molecule has 1 aliphatic rings. The number of esters is 1. The average Bonchev–Trinajstić information content (AvgIpc) is 2.05. The van der Waals surface area contributed by atoms with Crippen LogP contribution in [0.5, 0.6) is 0 Å². The molecule has 1 aliphatic carbocycles. The number of hydrogen-bond donors (Lipinski definition) is 0. The van der Waals surface area contributed by atoms with E-state index in [0.29, 0.717) is 25.0 Å². The van der Waals surface area contributed by atoms with Crippen LogP contribution >= 0.6 is 0 Å². The lowest BCUT2D eigenvalue weighted by Crippen LogP contribution is -2.19. The van der Waals surface area contributed by atoms with Crippen molar-refractivity contribution in [2.45, 2.75) is 32.6 Å². The van der Waals surface area contributed by atoms with E-state index in [-0.39, 0.29) is 5.76 Å². The van der Waals surface area contributed by atoms with Crippen LogP contribution in [0.25, 0.3) is 0 Å². The van der Waals surface area contributed by atoms with Gasteiger partial charge in [-0.3, -0.25) is 0 Å². The van der Waals surface area contributed by atoms with Crippen molar-refractivity contribution >= 4 is 5.97 Å². The van der Waals surface area contributed by atoms with Gasteiger partial charge < -0.3 is 9.84 Å². The SMILES string of the molecule is CCOC(=O)C1=C([O-])CCCC1. The second-order valence-electron chi connectivity index (χ2n) is 2.83. The molecule has 0 unspecified atom stereocenters. The van der Waals surface area contributed by atoms with Crippen molar-refractivity contribution in [1.82, 2.24) is 0 Å². The maximum atomic E-state index is 11.2. The van der Waals surface area contributed by atoms with Gasteiger partial charge in [-0.1, -0.05) is 6.42 Å². The van der Waals surface area contributed by atoms with Crippen molar-refractivity contribution in [3.8, 4) is 0 Å². The van der Waals surface area contributed by atoms with E-state index in [2.05, 4.69) is 0 Å². The monoisotopic (exact) mass is 169 g/mol.